The number of aromatic nitrogens is 1. The molecule has 1 amide bonds. The van der Waals surface area contributed by atoms with E-state index < -0.39 is 0 Å². The number of allylic oxidation sites excluding steroid dienone is 1. The largest absolute Gasteiger partial charge is 0.497 e. The van der Waals surface area contributed by atoms with Crippen LogP contribution in [0.3, 0.4) is 0 Å². The molecule has 0 aliphatic carbocycles. The van der Waals surface area contributed by atoms with Crippen LogP contribution in [0.2, 0.25) is 0 Å². The van der Waals surface area contributed by atoms with Crippen molar-refractivity contribution < 1.29 is 19.1 Å². The number of nitrogens with zero attached hydrogens (tertiary/aromatic N) is 2. The number of methoxy groups -OCH3 is 1. The second kappa shape index (κ2) is 10.6. The summed E-state index contributed by atoms with van der Waals surface area (Å²) in [5, 5.41) is 3.78. The van der Waals surface area contributed by atoms with Crippen molar-refractivity contribution >= 4 is 34.4 Å². The van der Waals surface area contributed by atoms with Gasteiger partial charge in [0.15, 0.2) is 5.76 Å². The molecule has 1 aromatic heterocycles. The number of fused-ring (bicyclic) bond motifs is 2. The molecule has 0 spiro atoms. The van der Waals surface area contributed by atoms with Crippen molar-refractivity contribution in [2.45, 2.75) is 19.9 Å². The van der Waals surface area contributed by atoms with Gasteiger partial charge in [-0.3, -0.25) is 9.59 Å². The van der Waals surface area contributed by atoms with Crippen LogP contribution >= 0.6 is 0 Å². The van der Waals surface area contributed by atoms with E-state index in [0.717, 1.165) is 58.5 Å². The van der Waals surface area contributed by atoms with Gasteiger partial charge in [0.25, 0.3) is 0 Å². The van der Waals surface area contributed by atoms with Crippen molar-refractivity contribution in [1.82, 2.24) is 9.47 Å². The lowest BCUT2D eigenvalue weighted by atomic mass is 10.0. The Kier molecular flexibility index (Phi) is 7.03. The van der Waals surface area contributed by atoms with Crippen LogP contribution in [0.4, 0.5) is 5.69 Å². The van der Waals surface area contributed by atoms with Crippen molar-refractivity contribution in [3.05, 3.63) is 83.7 Å². The van der Waals surface area contributed by atoms with Gasteiger partial charge in [0.2, 0.25) is 11.7 Å². The Balaban J connectivity index is 1.44. The molecule has 7 nitrogen and oxygen atoms in total. The number of ketones is 1. The normalized spacial score (nSPS) is 13.7. The van der Waals surface area contributed by atoms with Gasteiger partial charge in [-0.15, -0.1) is 0 Å². The van der Waals surface area contributed by atoms with Crippen molar-refractivity contribution in [2.75, 3.05) is 33.1 Å². The van der Waals surface area contributed by atoms with E-state index in [2.05, 4.69) is 41.1 Å². The summed E-state index contributed by atoms with van der Waals surface area (Å²) in [5.41, 5.74) is 5.16. The van der Waals surface area contributed by atoms with Gasteiger partial charge in [-0.25, -0.2) is 0 Å². The highest BCUT2D eigenvalue weighted by atomic mass is 16.5. The minimum atomic E-state index is -0.135. The zero-order chi connectivity index (χ0) is 26.8. The van der Waals surface area contributed by atoms with Crippen LogP contribution < -0.4 is 14.8 Å². The molecule has 0 unspecified atom stereocenters. The predicted molar refractivity (Wildman–Crippen MR) is 151 cm³/mol. The second-order valence-corrected chi connectivity index (χ2v) is 9.73. The van der Waals surface area contributed by atoms with Crippen LogP contribution in [0.5, 0.6) is 11.5 Å². The molecule has 0 saturated heterocycles. The summed E-state index contributed by atoms with van der Waals surface area (Å²) in [7, 11) is 5.79. The molecule has 1 aliphatic rings. The summed E-state index contributed by atoms with van der Waals surface area (Å²) < 4.78 is 13.8. The first-order valence-electron chi connectivity index (χ1n) is 12.6. The fourth-order valence-electron chi connectivity index (χ4n) is 4.75. The Morgan fingerprint density at radius 2 is 1.82 bits per heavy atom. The van der Waals surface area contributed by atoms with E-state index in [4.69, 9.17) is 9.47 Å². The SMILES string of the molecule is COc1ccc2c(c1)c(/C=C1\Oc3cc(-c4ccc(NC(C)=O)cc4)ccc3C1=O)cn2CCCN(C)C. The number of hydrogen-bond acceptors (Lipinski definition) is 5. The number of carbonyl (C=O) groups excluding carboxylic acids is 2. The monoisotopic (exact) mass is 509 g/mol. The second-order valence-electron chi connectivity index (χ2n) is 9.73. The molecular weight excluding hydrogens is 478 g/mol. The number of ether oxygens (including phenoxy) is 2. The van der Waals surface area contributed by atoms with Gasteiger partial charge in [0.05, 0.1) is 12.7 Å². The van der Waals surface area contributed by atoms with Gasteiger partial charge in [-0.05, 0) is 86.7 Å². The standard InChI is InChI=1S/C31H31N3O4/c1-20(35)32-24-9-6-21(7-10-24)22-8-12-26-29(16-22)38-30(31(26)36)17-23-19-34(15-5-14-33(2)3)28-13-11-25(37-4)18-27(23)28/h6-13,16-19H,5,14-15H2,1-4H3,(H,32,35)/b30-17-. The van der Waals surface area contributed by atoms with E-state index in [1.165, 1.54) is 6.92 Å². The molecule has 5 rings (SSSR count). The number of Topliss-reactive ketones (excluding diaryl/α,β-unsaturated/α-hetero) is 1. The third-order valence-corrected chi connectivity index (χ3v) is 6.62. The molecule has 3 aromatic carbocycles. The van der Waals surface area contributed by atoms with Gasteiger partial charge < -0.3 is 24.3 Å². The van der Waals surface area contributed by atoms with Crippen molar-refractivity contribution in [3.8, 4) is 22.6 Å². The highest BCUT2D eigenvalue weighted by molar-refractivity contribution is 6.15. The van der Waals surface area contributed by atoms with E-state index in [9.17, 15) is 9.59 Å². The lowest BCUT2D eigenvalue weighted by molar-refractivity contribution is -0.114. The minimum Gasteiger partial charge on any atom is -0.497 e. The molecule has 0 fully saturated rings. The van der Waals surface area contributed by atoms with Gasteiger partial charge in [-0.1, -0.05) is 18.2 Å². The molecule has 0 bridgehead atoms. The van der Waals surface area contributed by atoms with E-state index in [-0.39, 0.29) is 11.7 Å². The molecular formula is C31H31N3O4. The fourth-order valence-corrected chi connectivity index (χ4v) is 4.75. The Bertz CT molecular complexity index is 1550. The highest BCUT2D eigenvalue weighted by Gasteiger charge is 2.28. The van der Waals surface area contributed by atoms with Crippen LogP contribution in [0.15, 0.2) is 72.6 Å². The number of carbonyl (C=O) groups is 2. The highest BCUT2D eigenvalue weighted by Crippen LogP contribution is 2.37. The van der Waals surface area contributed by atoms with E-state index >= 15 is 0 Å². The van der Waals surface area contributed by atoms with Crippen molar-refractivity contribution in [2.24, 2.45) is 0 Å². The third-order valence-electron chi connectivity index (χ3n) is 6.62. The van der Waals surface area contributed by atoms with Gasteiger partial charge in [0, 0.05) is 41.8 Å². The molecule has 0 saturated carbocycles. The zero-order valence-corrected chi connectivity index (χ0v) is 22.1. The van der Waals surface area contributed by atoms with E-state index in [1.807, 2.05) is 60.7 Å². The van der Waals surface area contributed by atoms with E-state index in [1.54, 1.807) is 7.11 Å². The third kappa shape index (κ3) is 5.19. The summed E-state index contributed by atoms with van der Waals surface area (Å²) in [5.74, 6) is 1.35. The molecule has 194 valence electrons. The number of anilines is 1. The maximum atomic E-state index is 13.2. The molecule has 4 aromatic rings. The Morgan fingerprint density at radius 1 is 1.05 bits per heavy atom. The van der Waals surface area contributed by atoms with Crippen LogP contribution in [-0.4, -0.2) is 48.9 Å². The molecule has 2 heterocycles. The average Bonchev–Trinajstić information content (AvgIpc) is 3.40. The number of rotatable bonds is 8. The Labute approximate surface area is 222 Å². The maximum Gasteiger partial charge on any atom is 0.231 e. The van der Waals surface area contributed by atoms with Crippen LogP contribution in [-0.2, 0) is 11.3 Å². The van der Waals surface area contributed by atoms with Gasteiger partial charge in [-0.2, -0.15) is 0 Å². The lowest BCUT2D eigenvalue weighted by Crippen LogP contribution is -2.14. The summed E-state index contributed by atoms with van der Waals surface area (Å²) in [6, 6.07) is 19.2. The molecule has 1 aliphatic heterocycles. The number of amides is 1. The number of benzene rings is 3. The average molecular weight is 510 g/mol. The molecule has 0 radical (unpaired) electrons. The first-order valence-corrected chi connectivity index (χ1v) is 12.6. The lowest BCUT2D eigenvalue weighted by Gasteiger charge is -2.10. The molecule has 38 heavy (non-hydrogen) atoms. The summed E-state index contributed by atoms with van der Waals surface area (Å²) >= 11 is 0. The fraction of sp³-hybridized carbons (Fsp3) is 0.226. The summed E-state index contributed by atoms with van der Waals surface area (Å²) in [4.78, 5) is 26.7. The van der Waals surface area contributed by atoms with Crippen molar-refractivity contribution in [3.63, 3.8) is 0 Å². The zero-order valence-electron chi connectivity index (χ0n) is 22.1. The molecule has 0 atom stereocenters. The number of hydrogen-bond donors (Lipinski definition) is 1. The van der Waals surface area contributed by atoms with E-state index in [0.29, 0.717) is 17.1 Å². The Morgan fingerprint density at radius 3 is 2.53 bits per heavy atom. The van der Waals surface area contributed by atoms with Crippen LogP contribution in [0, 0.1) is 0 Å². The Hall–Kier alpha value is -4.36. The number of aryl methyl sites for hydroxylation is 1. The number of nitrogens with one attached hydrogen (secondary N) is 1. The van der Waals surface area contributed by atoms with Crippen molar-refractivity contribution in [1.29, 1.82) is 0 Å². The maximum absolute atomic E-state index is 13.2. The first kappa shape index (κ1) is 25.3. The van der Waals surface area contributed by atoms with Crippen LogP contribution in [0.25, 0.3) is 28.1 Å². The minimum absolute atomic E-state index is 0.114. The quantitative estimate of drug-likeness (QED) is 0.302. The first-order chi connectivity index (χ1) is 18.3. The summed E-state index contributed by atoms with van der Waals surface area (Å²) in [6.45, 7) is 3.33. The smallest absolute Gasteiger partial charge is 0.231 e. The van der Waals surface area contributed by atoms with Crippen LogP contribution in [0.1, 0.15) is 29.3 Å². The van der Waals surface area contributed by atoms with Gasteiger partial charge in [0.1, 0.15) is 11.5 Å². The van der Waals surface area contributed by atoms with Gasteiger partial charge >= 0.3 is 0 Å². The molecule has 1 N–H and O–H groups in total. The molecule has 7 heteroatoms. The topological polar surface area (TPSA) is 72.8 Å². The predicted octanol–water partition coefficient (Wildman–Crippen LogP) is 5.84. The summed E-state index contributed by atoms with van der Waals surface area (Å²) in [6.07, 6.45) is 4.91.